The monoisotopic (exact) mass is 328 g/mol. The molecule has 1 saturated heterocycles. The van der Waals surface area contributed by atoms with Gasteiger partial charge in [-0.1, -0.05) is 12.1 Å². The summed E-state index contributed by atoms with van der Waals surface area (Å²) in [7, 11) is 1.65. The van der Waals surface area contributed by atoms with Crippen molar-refractivity contribution in [2.45, 2.75) is 19.4 Å². The van der Waals surface area contributed by atoms with Gasteiger partial charge in [-0.15, -0.1) is 12.4 Å². The number of rotatable bonds is 7. The summed E-state index contributed by atoms with van der Waals surface area (Å²) in [6.07, 6.45) is 1.85. The maximum absolute atomic E-state index is 12.1. The van der Waals surface area contributed by atoms with Crippen molar-refractivity contribution in [1.82, 2.24) is 10.6 Å². The quantitative estimate of drug-likeness (QED) is 0.749. The van der Waals surface area contributed by atoms with E-state index < -0.39 is 0 Å². The molecule has 1 amide bonds. The van der Waals surface area contributed by atoms with Crippen molar-refractivity contribution >= 4 is 18.3 Å². The smallest absolute Gasteiger partial charge is 0.223 e. The number of nitrogens with one attached hydrogen (secondary N) is 2. The number of methoxy groups -OCH3 is 1. The topological polar surface area (TPSA) is 59.6 Å². The van der Waals surface area contributed by atoms with E-state index in [1.165, 1.54) is 0 Å². The molecule has 2 N–H and O–H groups in total. The van der Waals surface area contributed by atoms with Gasteiger partial charge in [-0.05, 0) is 43.6 Å². The lowest BCUT2D eigenvalue weighted by atomic mass is 9.97. The molecule has 0 atom stereocenters. The second kappa shape index (κ2) is 10.4. The van der Waals surface area contributed by atoms with Gasteiger partial charge in [0.2, 0.25) is 5.91 Å². The molecule has 6 heteroatoms. The number of amides is 1. The van der Waals surface area contributed by atoms with Gasteiger partial charge in [0, 0.05) is 19.6 Å². The second-order valence-electron chi connectivity index (χ2n) is 5.23. The van der Waals surface area contributed by atoms with E-state index in [0.717, 1.165) is 37.2 Å². The van der Waals surface area contributed by atoms with Gasteiger partial charge in [0.1, 0.15) is 12.4 Å². The molecule has 1 aliphatic rings. The number of hydrogen-bond acceptors (Lipinski definition) is 4. The molecular weight excluding hydrogens is 304 g/mol. The van der Waals surface area contributed by atoms with Crippen LogP contribution >= 0.6 is 12.4 Å². The highest BCUT2D eigenvalue weighted by molar-refractivity contribution is 5.85. The predicted molar refractivity (Wildman–Crippen MR) is 88.5 cm³/mol. The van der Waals surface area contributed by atoms with Gasteiger partial charge < -0.3 is 20.1 Å². The van der Waals surface area contributed by atoms with Crippen molar-refractivity contribution in [3.8, 4) is 5.75 Å². The van der Waals surface area contributed by atoms with Crippen LogP contribution < -0.4 is 15.4 Å². The average molecular weight is 329 g/mol. The fourth-order valence-corrected chi connectivity index (χ4v) is 2.41. The van der Waals surface area contributed by atoms with Gasteiger partial charge in [-0.2, -0.15) is 0 Å². The minimum absolute atomic E-state index is 0. The molecule has 124 valence electrons. The van der Waals surface area contributed by atoms with Gasteiger partial charge in [-0.25, -0.2) is 0 Å². The molecule has 2 rings (SSSR count). The Morgan fingerprint density at radius 3 is 2.82 bits per heavy atom. The summed E-state index contributed by atoms with van der Waals surface area (Å²) in [5.74, 6) is 1.11. The molecule has 1 aliphatic heterocycles. The molecule has 0 saturated carbocycles. The van der Waals surface area contributed by atoms with Crippen molar-refractivity contribution in [1.29, 1.82) is 0 Å². The Kier molecular flexibility index (Phi) is 8.89. The largest absolute Gasteiger partial charge is 0.491 e. The van der Waals surface area contributed by atoms with E-state index in [2.05, 4.69) is 10.6 Å². The number of carbonyl (C=O) groups is 1. The van der Waals surface area contributed by atoms with E-state index in [1.807, 2.05) is 24.3 Å². The van der Waals surface area contributed by atoms with E-state index in [4.69, 9.17) is 9.47 Å². The van der Waals surface area contributed by atoms with Crippen LogP contribution in [-0.4, -0.2) is 39.3 Å². The summed E-state index contributed by atoms with van der Waals surface area (Å²) >= 11 is 0. The van der Waals surface area contributed by atoms with Crippen molar-refractivity contribution in [3.63, 3.8) is 0 Å². The summed E-state index contributed by atoms with van der Waals surface area (Å²) < 4.78 is 10.5. The molecular formula is C16H25ClN2O3. The Hall–Kier alpha value is -1.30. The van der Waals surface area contributed by atoms with Crippen LogP contribution in [0.25, 0.3) is 0 Å². The number of halogens is 1. The van der Waals surface area contributed by atoms with Gasteiger partial charge in [-0.3, -0.25) is 4.79 Å². The normalized spacial score (nSPS) is 15.0. The van der Waals surface area contributed by atoms with Gasteiger partial charge >= 0.3 is 0 Å². The van der Waals surface area contributed by atoms with Crippen LogP contribution in [0.15, 0.2) is 24.3 Å². The van der Waals surface area contributed by atoms with E-state index in [1.54, 1.807) is 7.11 Å². The Labute approximate surface area is 138 Å². The highest BCUT2D eigenvalue weighted by Gasteiger charge is 2.20. The molecule has 0 radical (unpaired) electrons. The third-order valence-electron chi connectivity index (χ3n) is 3.63. The molecule has 1 aromatic rings. The molecule has 1 fully saturated rings. The Bertz CT molecular complexity index is 451. The molecule has 0 spiro atoms. The minimum atomic E-state index is 0. The maximum Gasteiger partial charge on any atom is 0.223 e. The maximum atomic E-state index is 12.1. The van der Waals surface area contributed by atoms with Crippen LogP contribution in [0.4, 0.5) is 0 Å². The Morgan fingerprint density at radius 2 is 2.09 bits per heavy atom. The van der Waals surface area contributed by atoms with Crippen LogP contribution in [0.5, 0.6) is 5.75 Å². The molecule has 22 heavy (non-hydrogen) atoms. The zero-order chi connectivity index (χ0) is 14.9. The third-order valence-corrected chi connectivity index (χ3v) is 3.63. The lowest BCUT2D eigenvalue weighted by Gasteiger charge is -2.21. The van der Waals surface area contributed by atoms with Crippen molar-refractivity contribution in [2.24, 2.45) is 5.92 Å². The van der Waals surface area contributed by atoms with E-state index in [0.29, 0.717) is 19.8 Å². The van der Waals surface area contributed by atoms with Gasteiger partial charge in [0.05, 0.1) is 6.61 Å². The van der Waals surface area contributed by atoms with Crippen molar-refractivity contribution in [2.75, 3.05) is 33.4 Å². The van der Waals surface area contributed by atoms with Crippen LogP contribution in [0, 0.1) is 5.92 Å². The average Bonchev–Trinajstić information content (AvgIpc) is 2.54. The Balaban J connectivity index is 0.00000242. The fourth-order valence-electron chi connectivity index (χ4n) is 2.41. The van der Waals surface area contributed by atoms with E-state index in [-0.39, 0.29) is 24.2 Å². The highest BCUT2D eigenvalue weighted by atomic mass is 35.5. The molecule has 5 nitrogen and oxygen atoms in total. The molecule has 1 aromatic carbocycles. The SMILES string of the molecule is COCCOc1cccc(CNC(=O)C2CCNCC2)c1.Cl. The van der Waals surface area contributed by atoms with Crippen LogP contribution in [0.3, 0.4) is 0 Å². The summed E-state index contributed by atoms with van der Waals surface area (Å²) in [6, 6.07) is 7.80. The lowest BCUT2D eigenvalue weighted by molar-refractivity contribution is -0.125. The number of hydrogen-bond donors (Lipinski definition) is 2. The number of carbonyl (C=O) groups excluding carboxylic acids is 1. The van der Waals surface area contributed by atoms with Gasteiger partial charge in [0.25, 0.3) is 0 Å². The van der Waals surface area contributed by atoms with Gasteiger partial charge in [0.15, 0.2) is 0 Å². The first-order chi connectivity index (χ1) is 10.3. The number of benzene rings is 1. The first-order valence-electron chi connectivity index (χ1n) is 7.48. The predicted octanol–water partition coefficient (Wildman–Crippen LogP) is 1.75. The molecule has 0 bridgehead atoms. The number of ether oxygens (including phenoxy) is 2. The third kappa shape index (κ3) is 6.22. The molecule has 0 aliphatic carbocycles. The Morgan fingerprint density at radius 1 is 1.32 bits per heavy atom. The lowest BCUT2D eigenvalue weighted by Crippen LogP contribution is -2.37. The summed E-state index contributed by atoms with van der Waals surface area (Å²) in [6.45, 7) is 3.50. The van der Waals surface area contributed by atoms with Crippen LogP contribution in [0.1, 0.15) is 18.4 Å². The summed E-state index contributed by atoms with van der Waals surface area (Å²) in [4.78, 5) is 12.1. The molecule has 1 heterocycles. The molecule has 0 aromatic heterocycles. The first kappa shape index (κ1) is 18.7. The summed E-state index contributed by atoms with van der Waals surface area (Å²) in [5.41, 5.74) is 1.05. The zero-order valence-electron chi connectivity index (χ0n) is 13.0. The summed E-state index contributed by atoms with van der Waals surface area (Å²) in [5, 5.41) is 6.28. The second-order valence-corrected chi connectivity index (χ2v) is 5.23. The van der Waals surface area contributed by atoms with E-state index in [9.17, 15) is 4.79 Å². The zero-order valence-corrected chi connectivity index (χ0v) is 13.8. The van der Waals surface area contributed by atoms with Crippen LogP contribution in [-0.2, 0) is 16.1 Å². The van der Waals surface area contributed by atoms with Crippen LogP contribution in [0.2, 0.25) is 0 Å². The van der Waals surface area contributed by atoms with E-state index >= 15 is 0 Å². The number of piperidine rings is 1. The standard InChI is InChI=1S/C16H24N2O3.ClH/c1-20-9-10-21-15-4-2-3-13(11-15)12-18-16(19)14-5-7-17-8-6-14;/h2-4,11,14,17H,5-10,12H2,1H3,(H,18,19);1H. The fraction of sp³-hybridized carbons (Fsp3) is 0.562. The van der Waals surface area contributed by atoms with Crippen molar-refractivity contribution < 1.29 is 14.3 Å². The highest BCUT2D eigenvalue weighted by Crippen LogP contribution is 2.15. The van der Waals surface area contributed by atoms with Crippen molar-refractivity contribution in [3.05, 3.63) is 29.8 Å². The molecule has 0 unspecified atom stereocenters. The minimum Gasteiger partial charge on any atom is -0.491 e. The first-order valence-corrected chi connectivity index (χ1v) is 7.48.